The molecule has 1 fully saturated rings. The molecule has 0 unspecified atom stereocenters. The summed E-state index contributed by atoms with van der Waals surface area (Å²) in [5.41, 5.74) is 0. The van der Waals surface area contributed by atoms with E-state index in [1.807, 2.05) is 13.8 Å². The van der Waals surface area contributed by atoms with E-state index in [1.165, 1.54) is 0 Å². The molecule has 140 valence electrons. The van der Waals surface area contributed by atoms with E-state index >= 15 is 0 Å². The highest BCUT2D eigenvalue weighted by molar-refractivity contribution is 5.70. The first-order valence-electron chi connectivity index (χ1n) is 8.45. The summed E-state index contributed by atoms with van der Waals surface area (Å²) in [5.74, 6) is -1.02. The van der Waals surface area contributed by atoms with E-state index in [4.69, 9.17) is 14.2 Å². The predicted octanol–water partition coefficient (Wildman–Crippen LogP) is 0.261. The molecule has 24 heavy (non-hydrogen) atoms. The molecule has 1 heterocycles. The SMILES string of the molecule is CCCCC(=O)OC[C@H]1O[C@H](O)[C@H](O)[C@@H](OC(=O)CCCC)[C@@H]1O. The fourth-order valence-corrected chi connectivity index (χ4v) is 2.29. The van der Waals surface area contributed by atoms with Gasteiger partial charge in [-0.05, 0) is 12.8 Å². The van der Waals surface area contributed by atoms with Crippen molar-refractivity contribution in [2.24, 2.45) is 0 Å². The first-order valence-corrected chi connectivity index (χ1v) is 8.45. The van der Waals surface area contributed by atoms with E-state index in [1.54, 1.807) is 0 Å². The molecule has 0 radical (unpaired) electrons. The van der Waals surface area contributed by atoms with E-state index in [9.17, 15) is 24.9 Å². The third-order valence-electron chi connectivity index (χ3n) is 3.81. The van der Waals surface area contributed by atoms with E-state index in [0.717, 1.165) is 12.8 Å². The molecule has 8 nitrogen and oxygen atoms in total. The summed E-state index contributed by atoms with van der Waals surface area (Å²) in [6.45, 7) is 3.56. The van der Waals surface area contributed by atoms with Crippen LogP contribution in [0.4, 0.5) is 0 Å². The van der Waals surface area contributed by atoms with Gasteiger partial charge in [0, 0.05) is 12.8 Å². The second kappa shape index (κ2) is 10.6. The third kappa shape index (κ3) is 6.35. The molecule has 0 aliphatic carbocycles. The van der Waals surface area contributed by atoms with Crippen molar-refractivity contribution in [3.8, 4) is 0 Å². The predicted molar refractivity (Wildman–Crippen MR) is 82.8 cm³/mol. The molecule has 5 atom stereocenters. The number of hydrogen-bond acceptors (Lipinski definition) is 8. The summed E-state index contributed by atoms with van der Waals surface area (Å²) in [7, 11) is 0. The van der Waals surface area contributed by atoms with Crippen LogP contribution in [0.1, 0.15) is 52.4 Å². The number of carbonyl (C=O) groups excluding carboxylic acids is 2. The summed E-state index contributed by atoms with van der Waals surface area (Å²) in [6.07, 6.45) is -3.69. The Morgan fingerprint density at radius 1 is 0.958 bits per heavy atom. The second-order valence-electron chi connectivity index (χ2n) is 5.89. The van der Waals surface area contributed by atoms with E-state index in [2.05, 4.69) is 0 Å². The Hall–Kier alpha value is -1.22. The molecule has 0 saturated carbocycles. The summed E-state index contributed by atoms with van der Waals surface area (Å²) < 4.78 is 15.1. The Bertz CT molecular complexity index is 400. The Morgan fingerprint density at radius 2 is 1.54 bits per heavy atom. The Labute approximate surface area is 141 Å². The highest BCUT2D eigenvalue weighted by Crippen LogP contribution is 2.23. The first-order chi connectivity index (χ1) is 11.4. The highest BCUT2D eigenvalue weighted by Gasteiger charge is 2.46. The summed E-state index contributed by atoms with van der Waals surface area (Å²) in [4.78, 5) is 23.2. The van der Waals surface area contributed by atoms with Gasteiger partial charge in [-0.15, -0.1) is 0 Å². The maximum absolute atomic E-state index is 11.7. The smallest absolute Gasteiger partial charge is 0.306 e. The van der Waals surface area contributed by atoms with Gasteiger partial charge in [0.1, 0.15) is 24.9 Å². The molecule has 0 aromatic rings. The third-order valence-corrected chi connectivity index (χ3v) is 3.81. The van der Waals surface area contributed by atoms with Gasteiger partial charge in [0.15, 0.2) is 12.4 Å². The average molecular weight is 348 g/mol. The van der Waals surface area contributed by atoms with Crippen molar-refractivity contribution in [1.29, 1.82) is 0 Å². The molecule has 3 N–H and O–H groups in total. The van der Waals surface area contributed by atoms with Gasteiger partial charge in [-0.3, -0.25) is 9.59 Å². The molecule has 1 aliphatic heterocycles. The minimum Gasteiger partial charge on any atom is -0.463 e. The highest BCUT2D eigenvalue weighted by atomic mass is 16.7. The van der Waals surface area contributed by atoms with Crippen molar-refractivity contribution >= 4 is 11.9 Å². The second-order valence-corrected chi connectivity index (χ2v) is 5.89. The van der Waals surface area contributed by atoms with Gasteiger partial charge in [-0.1, -0.05) is 26.7 Å². The van der Waals surface area contributed by atoms with Gasteiger partial charge in [-0.25, -0.2) is 0 Å². The number of rotatable bonds is 9. The zero-order valence-electron chi connectivity index (χ0n) is 14.2. The number of unbranched alkanes of at least 4 members (excludes halogenated alkanes) is 2. The van der Waals surface area contributed by atoms with E-state index in [0.29, 0.717) is 12.8 Å². The normalized spacial score (nSPS) is 30.0. The van der Waals surface area contributed by atoms with Crippen molar-refractivity contribution in [2.45, 2.75) is 83.1 Å². The lowest BCUT2D eigenvalue weighted by molar-refractivity contribution is -0.290. The molecule has 0 amide bonds. The van der Waals surface area contributed by atoms with Crippen LogP contribution < -0.4 is 0 Å². The molecule has 0 spiro atoms. The average Bonchev–Trinajstić information content (AvgIpc) is 2.56. The van der Waals surface area contributed by atoms with Crippen LogP contribution in [0.5, 0.6) is 0 Å². The number of carbonyl (C=O) groups is 2. The summed E-state index contributed by atoms with van der Waals surface area (Å²) in [5, 5.41) is 29.8. The van der Waals surface area contributed by atoms with Crippen molar-refractivity contribution < 1.29 is 39.1 Å². The maximum atomic E-state index is 11.7. The molecule has 0 aromatic heterocycles. The quantitative estimate of drug-likeness (QED) is 0.507. The van der Waals surface area contributed by atoms with E-state index < -0.39 is 42.6 Å². The number of hydrogen-bond donors (Lipinski definition) is 3. The molecular weight excluding hydrogens is 320 g/mol. The standard InChI is InChI=1S/C16H28O8/c1-3-5-7-11(17)22-9-10-13(19)15(14(20)16(21)23-10)24-12(18)8-6-4-2/h10,13-16,19-21H,3-9H2,1-2H3/t10-,13-,14-,15+,16+/m1/s1. The molecule has 1 saturated heterocycles. The molecule has 8 heteroatoms. The van der Waals surface area contributed by atoms with Crippen LogP contribution in [0.2, 0.25) is 0 Å². The van der Waals surface area contributed by atoms with Gasteiger partial charge in [0.05, 0.1) is 0 Å². The van der Waals surface area contributed by atoms with Gasteiger partial charge >= 0.3 is 11.9 Å². The van der Waals surface area contributed by atoms with Crippen LogP contribution >= 0.6 is 0 Å². The van der Waals surface area contributed by atoms with Crippen molar-refractivity contribution in [3.05, 3.63) is 0 Å². The van der Waals surface area contributed by atoms with Crippen molar-refractivity contribution in [1.82, 2.24) is 0 Å². The zero-order chi connectivity index (χ0) is 18.1. The lowest BCUT2D eigenvalue weighted by Gasteiger charge is -2.39. The molecule has 1 rings (SSSR count). The van der Waals surface area contributed by atoms with Crippen LogP contribution in [0, 0.1) is 0 Å². The van der Waals surface area contributed by atoms with Gasteiger partial charge in [0.25, 0.3) is 0 Å². The Morgan fingerprint density at radius 3 is 2.12 bits per heavy atom. The fraction of sp³-hybridized carbons (Fsp3) is 0.875. The van der Waals surface area contributed by atoms with Crippen LogP contribution in [0.3, 0.4) is 0 Å². The Kier molecular flexibility index (Phi) is 9.20. The lowest BCUT2D eigenvalue weighted by Crippen LogP contribution is -2.60. The molecule has 1 aliphatic rings. The van der Waals surface area contributed by atoms with Crippen molar-refractivity contribution in [2.75, 3.05) is 6.61 Å². The number of esters is 2. The summed E-state index contributed by atoms with van der Waals surface area (Å²) >= 11 is 0. The van der Waals surface area contributed by atoms with Crippen molar-refractivity contribution in [3.63, 3.8) is 0 Å². The lowest BCUT2D eigenvalue weighted by atomic mass is 9.99. The number of aliphatic hydroxyl groups excluding tert-OH is 3. The zero-order valence-corrected chi connectivity index (χ0v) is 14.2. The summed E-state index contributed by atoms with van der Waals surface area (Å²) in [6, 6.07) is 0. The first kappa shape index (κ1) is 20.8. The number of ether oxygens (including phenoxy) is 3. The van der Waals surface area contributed by atoms with Crippen LogP contribution in [0.15, 0.2) is 0 Å². The molecular formula is C16H28O8. The monoisotopic (exact) mass is 348 g/mol. The van der Waals surface area contributed by atoms with Gasteiger partial charge in [0.2, 0.25) is 0 Å². The van der Waals surface area contributed by atoms with Gasteiger partial charge in [-0.2, -0.15) is 0 Å². The van der Waals surface area contributed by atoms with E-state index in [-0.39, 0.29) is 19.4 Å². The number of aliphatic hydroxyl groups is 3. The van der Waals surface area contributed by atoms with Gasteiger partial charge < -0.3 is 29.5 Å². The van der Waals surface area contributed by atoms with Crippen LogP contribution in [0.25, 0.3) is 0 Å². The van der Waals surface area contributed by atoms with Crippen LogP contribution in [-0.4, -0.2) is 64.6 Å². The van der Waals surface area contributed by atoms with Crippen LogP contribution in [-0.2, 0) is 23.8 Å². The Balaban J connectivity index is 2.58. The minimum absolute atomic E-state index is 0.153. The largest absolute Gasteiger partial charge is 0.463 e. The fourth-order valence-electron chi connectivity index (χ4n) is 2.29. The maximum Gasteiger partial charge on any atom is 0.306 e. The molecule has 0 aromatic carbocycles. The minimum atomic E-state index is -1.64. The molecule has 0 bridgehead atoms. The topological polar surface area (TPSA) is 123 Å².